The van der Waals surface area contributed by atoms with E-state index < -0.39 is 0 Å². The zero-order chi connectivity index (χ0) is 10.8. The summed E-state index contributed by atoms with van der Waals surface area (Å²) in [4.78, 5) is -0.281. The van der Waals surface area contributed by atoms with E-state index in [1.54, 1.807) is 4.68 Å². The van der Waals surface area contributed by atoms with E-state index in [0.717, 1.165) is 6.42 Å². The molecule has 0 amide bonds. The van der Waals surface area contributed by atoms with Crippen LogP contribution in [0.5, 0.6) is 5.88 Å². The topological polar surface area (TPSA) is 27.1 Å². The Bertz CT molecular complexity index is 291. The van der Waals surface area contributed by atoms with Crippen LogP contribution in [0, 0.1) is 0 Å². The minimum atomic E-state index is -0.281. The maximum absolute atomic E-state index is 5.57. The molecule has 0 saturated heterocycles. The zero-order valence-electron chi connectivity index (χ0n) is 9.19. The van der Waals surface area contributed by atoms with Gasteiger partial charge in [0.1, 0.15) is 0 Å². The highest BCUT2D eigenvalue weighted by Crippen LogP contribution is 2.21. The van der Waals surface area contributed by atoms with E-state index in [1.807, 2.05) is 33.0 Å². The van der Waals surface area contributed by atoms with E-state index >= 15 is 0 Å². The first-order valence-electron chi connectivity index (χ1n) is 4.88. The number of nitrogens with zero attached hydrogens (tertiary/aromatic N) is 2. The Kier molecular flexibility index (Phi) is 3.48. The summed E-state index contributed by atoms with van der Waals surface area (Å²) in [5.74, 6) is 0.668. The summed E-state index contributed by atoms with van der Waals surface area (Å²) < 4.78 is 7.36. The Hall–Kier alpha value is -0.640. The molecule has 0 N–H and O–H groups in total. The summed E-state index contributed by atoms with van der Waals surface area (Å²) in [6.45, 7) is 8.08. The monoisotopic (exact) mass is 214 g/mol. The quantitative estimate of drug-likeness (QED) is 0.780. The summed E-state index contributed by atoms with van der Waals surface area (Å²) in [7, 11) is 0. The lowest BCUT2D eigenvalue weighted by Crippen LogP contribution is -2.19. The molecule has 80 valence electrons. The molecule has 14 heavy (non-hydrogen) atoms. The second kappa shape index (κ2) is 4.26. The fourth-order valence-electron chi connectivity index (χ4n) is 0.964. The van der Waals surface area contributed by atoms with Crippen molar-refractivity contribution >= 4 is 12.6 Å². The summed E-state index contributed by atoms with van der Waals surface area (Å²) in [6, 6.07) is 1.87. The molecule has 4 heteroatoms. The first-order valence-corrected chi connectivity index (χ1v) is 5.33. The molecule has 0 unspecified atom stereocenters. The Labute approximate surface area is 90.9 Å². The summed E-state index contributed by atoms with van der Waals surface area (Å²) in [5.41, 5.74) is 0. The molecule has 1 rings (SSSR count). The van der Waals surface area contributed by atoms with Crippen molar-refractivity contribution in [3.8, 4) is 5.88 Å². The molecule has 1 atom stereocenters. The van der Waals surface area contributed by atoms with Gasteiger partial charge in [0, 0.05) is 12.3 Å². The van der Waals surface area contributed by atoms with Crippen molar-refractivity contribution in [3.05, 3.63) is 12.3 Å². The van der Waals surface area contributed by atoms with Crippen LogP contribution in [0.3, 0.4) is 0 Å². The van der Waals surface area contributed by atoms with Gasteiger partial charge in [-0.05, 0) is 27.2 Å². The van der Waals surface area contributed by atoms with Gasteiger partial charge in [0.15, 0.2) is 0 Å². The number of ether oxygens (including phenoxy) is 1. The van der Waals surface area contributed by atoms with Gasteiger partial charge in [-0.3, -0.25) is 4.68 Å². The first-order chi connectivity index (χ1) is 6.43. The maximum atomic E-state index is 5.57. The largest absolute Gasteiger partial charge is 0.474 e. The van der Waals surface area contributed by atoms with E-state index in [0.29, 0.717) is 5.88 Å². The number of aromatic nitrogens is 2. The van der Waals surface area contributed by atoms with Gasteiger partial charge in [-0.25, -0.2) is 0 Å². The van der Waals surface area contributed by atoms with Gasteiger partial charge in [0.05, 0.1) is 11.0 Å². The lowest BCUT2D eigenvalue weighted by atomic mass is 10.3. The van der Waals surface area contributed by atoms with E-state index in [4.69, 9.17) is 4.74 Å². The highest BCUT2D eigenvalue weighted by Gasteiger charge is 2.15. The van der Waals surface area contributed by atoms with Gasteiger partial charge in [0.25, 0.3) is 0 Å². The molecule has 0 aliphatic heterocycles. The fourth-order valence-corrected chi connectivity index (χ4v) is 1.08. The van der Waals surface area contributed by atoms with Crippen LogP contribution in [-0.4, -0.2) is 15.9 Å². The van der Waals surface area contributed by atoms with Crippen LogP contribution >= 0.6 is 12.6 Å². The van der Waals surface area contributed by atoms with Crippen molar-refractivity contribution in [1.29, 1.82) is 0 Å². The molecular weight excluding hydrogens is 196 g/mol. The van der Waals surface area contributed by atoms with Crippen molar-refractivity contribution < 1.29 is 4.74 Å². The second-order valence-electron chi connectivity index (χ2n) is 3.93. The molecule has 0 radical (unpaired) electrons. The standard InChI is InChI=1S/C10H18N2OS/c1-5-8(2)13-9-6-7-12(11-9)10(3,4)14/h6-8,14H,5H2,1-4H3/t8-/m0/s1. The average molecular weight is 214 g/mol. The predicted octanol–water partition coefficient (Wildman–Crippen LogP) is 2.68. The van der Waals surface area contributed by atoms with E-state index in [2.05, 4.69) is 24.7 Å². The van der Waals surface area contributed by atoms with Gasteiger partial charge in [0.2, 0.25) is 5.88 Å². The number of hydrogen-bond acceptors (Lipinski definition) is 3. The Morgan fingerprint density at radius 1 is 1.64 bits per heavy atom. The Morgan fingerprint density at radius 3 is 2.71 bits per heavy atom. The highest BCUT2D eigenvalue weighted by atomic mass is 32.1. The molecule has 0 fully saturated rings. The molecule has 0 aliphatic carbocycles. The van der Waals surface area contributed by atoms with Crippen molar-refractivity contribution in [1.82, 2.24) is 9.78 Å². The molecule has 0 saturated carbocycles. The normalized spacial score (nSPS) is 14.1. The fraction of sp³-hybridized carbons (Fsp3) is 0.700. The molecular formula is C10H18N2OS. The van der Waals surface area contributed by atoms with Crippen molar-refractivity contribution in [2.24, 2.45) is 0 Å². The van der Waals surface area contributed by atoms with Gasteiger partial charge in [-0.2, -0.15) is 0 Å². The molecule has 1 aromatic heterocycles. The number of hydrogen-bond donors (Lipinski definition) is 1. The molecule has 0 spiro atoms. The SMILES string of the molecule is CC[C@H](C)Oc1ccn(C(C)(C)S)n1. The van der Waals surface area contributed by atoms with Gasteiger partial charge < -0.3 is 4.74 Å². The Balaban J connectivity index is 2.69. The smallest absolute Gasteiger partial charge is 0.233 e. The first kappa shape index (κ1) is 11.4. The van der Waals surface area contributed by atoms with Crippen LogP contribution in [0.25, 0.3) is 0 Å². The highest BCUT2D eigenvalue weighted by molar-refractivity contribution is 7.81. The van der Waals surface area contributed by atoms with Gasteiger partial charge in [-0.1, -0.05) is 6.92 Å². The van der Waals surface area contributed by atoms with Gasteiger partial charge >= 0.3 is 0 Å². The third-order valence-corrected chi connectivity index (χ3v) is 2.23. The average Bonchev–Trinajstić information content (AvgIpc) is 2.51. The molecule has 3 nitrogen and oxygen atoms in total. The van der Waals surface area contributed by atoms with E-state index in [-0.39, 0.29) is 11.0 Å². The van der Waals surface area contributed by atoms with Crippen LogP contribution in [0.4, 0.5) is 0 Å². The minimum Gasteiger partial charge on any atom is -0.474 e. The van der Waals surface area contributed by atoms with Crippen molar-refractivity contribution in [2.45, 2.75) is 45.1 Å². The third-order valence-electron chi connectivity index (χ3n) is 2.02. The summed E-state index contributed by atoms with van der Waals surface area (Å²) >= 11 is 4.42. The molecule has 1 heterocycles. The summed E-state index contributed by atoms with van der Waals surface area (Å²) in [5, 5.41) is 4.29. The van der Waals surface area contributed by atoms with Crippen LogP contribution in [-0.2, 0) is 4.87 Å². The summed E-state index contributed by atoms with van der Waals surface area (Å²) in [6.07, 6.45) is 3.07. The minimum absolute atomic E-state index is 0.210. The number of thiol groups is 1. The second-order valence-corrected chi connectivity index (χ2v) is 5.02. The molecule has 0 bridgehead atoms. The van der Waals surface area contributed by atoms with Crippen LogP contribution in [0.1, 0.15) is 34.1 Å². The molecule has 0 aliphatic rings. The van der Waals surface area contributed by atoms with Crippen molar-refractivity contribution in [2.75, 3.05) is 0 Å². The van der Waals surface area contributed by atoms with Gasteiger partial charge in [-0.15, -0.1) is 17.7 Å². The lowest BCUT2D eigenvalue weighted by molar-refractivity contribution is 0.205. The van der Waals surface area contributed by atoms with E-state index in [9.17, 15) is 0 Å². The zero-order valence-corrected chi connectivity index (χ0v) is 10.1. The molecule has 1 aromatic rings. The van der Waals surface area contributed by atoms with Crippen LogP contribution in [0.2, 0.25) is 0 Å². The maximum Gasteiger partial charge on any atom is 0.233 e. The molecule has 0 aromatic carbocycles. The predicted molar refractivity (Wildman–Crippen MR) is 60.9 cm³/mol. The number of rotatable bonds is 4. The Morgan fingerprint density at radius 2 is 2.29 bits per heavy atom. The van der Waals surface area contributed by atoms with Crippen LogP contribution in [0.15, 0.2) is 12.3 Å². The van der Waals surface area contributed by atoms with Crippen molar-refractivity contribution in [3.63, 3.8) is 0 Å². The lowest BCUT2D eigenvalue weighted by Gasteiger charge is -2.17. The third kappa shape index (κ3) is 2.94. The van der Waals surface area contributed by atoms with E-state index in [1.165, 1.54) is 0 Å². The van der Waals surface area contributed by atoms with Crippen LogP contribution < -0.4 is 4.74 Å².